The van der Waals surface area contributed by atoms with Crippen LogP contribution in [-0.4, -0.2) is 30.8 Å². The molecule has 2 N–H and O–H groups in total. The van der Waals surface area contributed by atoms with E-state index in [0.717, 1.165) is 19.3 Å². The Morgan fingerprint density at radius 3 is 2.79 bits per heavy atom. The van der Waals surface area contributed by atoms with Gasteiger partial charge in [0.25, 0.3) is 0 Å². The highest BCUT2D eigenvalue weighted by Crippen LogP contribution is 2.16. The predicted octanol–water partition coefficient (Wildman–Crippen LogP) is 2.26. The van der Waals surface area contributed by atoms with Gasteiger partial charge in [0.1, 0.15) is 5.75 Å². The van der Waals surface area contributed by atoms with E-state index in [1.54, 1.807) is 25.3 Å². The topological polar surface area (TPSA) is 58.6 Å². The molecule has 0 heterocycles. The van der Waals surface area contributed by atoms with Crippen molar-refractivity contribution in [2.45, 2.75) is 38.6 Å². The number of ether oxygens (including phenoxy) is 1. The number of carbonyl (C=O) groups excluding carboxylic acids is 1. The number of para-hydroxylation sites is 1. The molecule has 0 aliphatic rings. The number of phenolic OH excluding ortho intramolecular Hbond substituents is 1. The summed E-state index contributed by atoms with van der Waals surface area (Å²) in [6.07, 6.45) is 3.26. The highest BCUT2D eigenvalue weighted by atomic mass is 16.5. The summed E-state index contributed by atoms with van der Waals surface area (Å²) >= 11 is 0. The standard InChI is InChI=1S/C15H23NO3/c1-3-4-8-13(11-19-2)16-15(18)10-12-7-5-6-9-14(12)17/h5-7,9,13,17H,3-4,8,10-11H2,1-2H3,(H,16,18). The lowest BCUT2D eigenvalue weighted by atomic mass is 10.1. The normalized spacial score (nSPS) is 12.1. The second-order valence-corrected chi connectivity index (χ2v) is 4.67. The van der Waals surface area contributed by atoms with Gasteiger partial charge in [-0.1, -0.05) is 38.0 Å². The molecule has 0 radical (unpaired) electrons. The zero-order valence-electron chi connectivity index (χ0n) is 11.7. The van der Waals surface area contributed by atoms with Gasteiger partial charge in [0.15, 0.2) is 0 Å². The Hall–Kier alpha value is -1.55. The van der Waals surface area contributed by atoms with Gasteiger partial charge in [-0.25, -0.2) is 0 Å². The number of aromatic hydroxyl groups is 1. The van der Waals surface area contributed by atoms with Crippen LogP contribution in [0.1, 0.15) is 31.7 Å². The average Bonchev–Trinajstić information content (AvgIpc) is 2.39. The summed E-state index contributed by atoms with van der Waals surface area (Å²) in [5, 5.41) is 12.6. The van der Waals surface area contributed by atoms with E-state index < -0.39 is 0 Å². The zero-order valence-corrected chi connectivity index (χ0v) is 11.7. The quantitative estimate of drug-likeness (QED) is 0.758. The van der Waals surface area contributed by atoms with Crippen molar-refractivity contribution in [2.75, 3.05) is 13.7 Å². The van der Waals surface area contributed by atoms with E-state index in [4.69, 9.17) is 4.74 Å². The van der Waals surface area contributed by atoms with Crippen LogP contribution in [0.5, 0.6) is 5.75 Å². The molecule has 0 aliphatic carbocycles. The van der Waals surface area contributed by atoms with Gasteiger partial charge in [-0.3, -0.25) is 4.79 Å². The third-order valence-electron chi connectivity index (χ3n) is 2.98. The van der Waals surface area contributed by atoms with Crippen LogP contribution >= 0.6 is 0 Å². The average molecular weight is 265 g/mol. The molecule has 0 fully saturated rings. The number of hydrogen-bond donors (Lipinski definition) is 2. The minimum absolute atomic E-state index is 0.0447. The molecular weight excluding hydrogens is 242 g/mol. The molecule has 1 aromatic rings. The maximum absolute atomic E-state index is 11.9. The highest BCUT2D eigenvalue weighted by molar-refractivity contribution is 5.79. The van der Waals surface area contributed by atoms with E-state index in [2.05, 4.69) is 12.2 Å². The monoisotopic (exact) mass is 265 g/mol. The van der Waals surface area contributed by atoms with Crippen LogP contribution in [0.3, 0.4) is 0 Å². The molecule has 106 valence electrons. The van der Waals surface area contributed by atoms with Gasteiger partial charge in [0.05, 0.1) is 19.1 Å². The molecule has 1 amide bonds. The number of carbonyl (C=O) groups is 1. The molecule has 0 aromatic heterocycles. The number of phenols is 1. The van der Waals surface area contributed by atoms with Gasteiger partial charge in [0.2, 0.25) is 5.91 Å². The molecule has 0 saturated heterocycles. The van der Waals surface area contributed by atoms with Crippen LogP contribution in [0, 0.1) is 0 Å². The van der Waals surface area contributed by atoms with Crippen LogP contribution in [0.25, 0.3) is 0 Å². The molecule has 0 aliphatic heterocycles. The second kappa shape index (κ2) is 8.53. The number of benzene rings is 1. The molecule has 1 aromatic carbocycles. The second-order valence-electron chi connectivity index (χ2n) is 4.67. The highest BCUT2D eigenvalue weighted by Gasteiger charge is 2.13. The largest absolute Gasteiger partial charge is 0.508 e. The Kier molecular flexibility index (Phi) is 6.97. The number of unbranched alkanes of at least 4 members (excludes halogenated alkanes) is 1. The van der Waals surface area contributed by atoms with Crippen molar-refractivity contribution in [1.29, 1.82) is 0 Å². The molecule has 0 saturated carbocycles. The van der Waals surface area contributed by atoms with Crippen molar-refractivity contribution in [3.63, 3.8) is 0 Å². The summed E-state index contributed by atoms with van der Waals surface area (Å²) in [6.45, 7) is 2.64. The maximum atomic E-state index is 11.9. The zero-order chi connectivity index (χ0) is 14.1. The smallest absolute Gasteiger partial charge is 0.224 e. The third kappa shape index (κ3) is 5.75. The van der Waals surface area contributed by atoms with E-state index in [1.807, 2.05) is 6.07 Å². The van der Waals surface area contributed by atoms with E-state index in [9.17, 15) is 9.90 Å². The van der Waals surface area contributed by atoms with Crippen molar-refractivity contribution in [1.82, 2.24) is 5.32 Å². The summed E-state index contributed by atoms with van der Waals surface area (Å²) in [5.41, 5.74) is 0.645. The fourth-order valence-electron chi connectivity index (χ4n) is 1.96. The van der Waals surface area contributed by atoms with E-state index in [1.165, 1.54) is 0 Å². The van der Waals surface area contributed by atoms with Gasteiger partial charge in [-0.2, -0.15) is 0 Å². The molecule has 1 rings (SSSR count). The summed E-state index contributed by atoms with van der Waals surface area (Å²) in [5.74, 6) is 0.0779. The summed E-state index contributed by atoms with van der Waals surface area (Å²) in [6, 6.07) is 6.94. The van der Waals surface area contributed by atoms with Crippen molar-refractivity contribution in [2.24, 2.45) is 0 Å². The number of nitrogens with one attached hydrogen (secondary N) is 1. The number of methoxy groups -OCH3 is 1. The van der Waals surface area contributed by atoms with Gasteiger partial charge in [0, 0.05) is 12.7 Å². The summed E-state index contributed by atoms with van der Waals surface area (Å²) in [7, 11) is 1.63. The molecular formula is C15H23NO3. The number of amides is 1. The summed E-state index contributed by atoms with van der Waals surface area (Å²) in [4.78, 5) is 11.9. The van der Waals surface area contributed by atoms with Crippen LogP contribution in [0.2, 0.25) is 0 Å². The van der Waals surface area contributed by atoms with Gasteiger partial charge in [-0.05, 0) is 12.5 Å². The predicted molar refractivity (Wildman–Crippen MR) is 75.1 cm³/mol. The van der Waals surface area contributed by atoms with Crippen LogP contribution in [0.15, 0.2) is 24.3 Å². The van der Waals surface area contributed by atoms with Crippen LogP contribution < -0.4 is 5.32 Å². The third-order valence-corrected chi connectivity index (χ3v) is 2.98. The Balaban J connectivity index is 2.50. The van der Waals surface area contributed by atoms with Gasteiger partial charge in [-0.15, -0.1) is 0 Å². The molecule has 4 nitrogen and oxygen atoms in total. The van der Waals surface area contributed by atoms with E-state index in [0.29, 0.717) is 12.2 Å². The lowest BCUT2D eigenvalue weighted by Crippen LogP contribution is -2.38. The first-order chi connectivity index (χ1) is 9.17. The fourth-order valence-corrected chi connectivity index (χ4v) is 1.96. The summed E-state index contributed by atoms with van der Waals surface area (Å²) < 4.78 is 5.11. The lowest BCUT2D eigenvalue weighted by Gasteiger charge is -2.17. The molecule has 19 heavy (non-hydrogen) atoms. The van der Waals surface area contributed by atoms with Crippen molar-refractivity contribution in [3.05, 3.63) is 29.8 Å². The van der Waals surface area contributed by atoms with E-state index in [-0.39, 0.29) is 24.1 Å². The maximum Gasteiger partial charge on any atom is 0.224 e. The molecule has 4 heteroatoms. The van der Waals surface area contributed by atoms with Crippen LogP contribution in [-0.2, 0) is 16.0 Å². The first-order valence-electron chi connectivity index (χ1n) is 6.72. The first-order valence-corrected chi connectivity index (χ1v) is 6.72. The fraction of sp³-hybridized carbons (Fsp3) is 0.533. The van der Waals surface area contributed by atoms with Crippen molar-refractivity contribution >= 4 is 5.91 Å². The molecule has 0 bridgehead atoms. The van der Waals surface area contributed by atoms with Crippen molar-refractivity contribution < 1.29 is 14.6 Å². The Morgan fingerprint density at radius 2 is 2.16 bits per heavy atom. The van der Waals surface area contributed by atoms with E-state index >= 15 is 0 Å². The van der Waals surface area contributed by atoms with Crippen molar-refractivity contribution in [3.8, 4) is 5.75 Å². The van der Waals surface area contributed by atoms with Crippen LogP contribution in [0.4, 0.5) is 0 Å². The molecule has 0 spiro atoms. The Bertz CT molecular complexity index is 393. The number of rotatable bonds is 8. The van der Waals surface area contributed by atoms with Gasteiger partial charge < -0.3 is 15.2 Å². The molecule has 1 unspecified atom stereocenters. The first kappa shape index (κ1) is 15.5. The Labute approximate surface area is 114 Å². The minimum atomic E-state index is -0.0837. The van der Waals surface area contributed by atoms with Gasteiger partial charge >= 0.3 is 0 Å². The lowest BCUT2D eigenvalue weighted by molar-refractivity contribution is -0.121. The SMILES string of the molecule is CCCCC(COC)NC(=O)Cc1ccccc1O. The Morgan fingerprint density at radius 1 is 1.42 bits per heavy atom. The minimum Gasteiger partial charge on any atom is -0.508 e. The number of hydrogen-bond acceptors (Lipinski definition) is 3. The molecule has 1 atom stereocenters.